The summed E-state index contributed by atoms with van der Waals surface area (Å²) < 4.78 is 11.2. The average molecular weight is 512 g/mol. The maximum atomic E-state index is 13.3. The first-order valence-electron chi connectivity index (χ1n) is 11.1. The van der Waals surface area contributed by atoms with Gasteiger partial charge in [0.15, 0.2) is 0 Å². The quantitative estimate of drug-likeness (QED) is 0.225. The minimum atomic E-state index is -0.915. The molecule has 1 saturated heterocycles. The fraction of sp³-hybridized carbons (Fsp3) is 0.185. The summed E-state index contributed by atoms with van der Waals surface area (Å²) in [6.07, 6.45) is 0. The molecule has 0 bridgehead atoms. The first-order valence-corrected chi connectivity index (χ1v) is 11.8. The number of carbonyl (C=O) groups excluding carboxylic acids is 2. The zero-order chi connectivity index (χ0) is 25.1. The molecule has 0 radical (unpaired) electrons. The van der Waals surface area contributed by atoms with E-state index in [0.717, 1.165) is 0 Å². The number of Topliss-reactive ketones (excluding diaryl/α,β-unsaturated/α-hetero) is 1. The smallest absolute Gasteiger partial charge is 0.300 e. The second-order valence-corrected chi connectivity index (χ2v) is 8.55. The monoisotopic (exact) mass is 511 g/mol. The van der Waals surface area contributed by atoms with Gasteiger partial charge in [-0.2, -0.15) is 0 Å². The number of hydrogen-bond acceptors (Lipinski definition) is 5. The molecular formula is C27H23Cl2NO5. The number of amides is 1. The van der Waals surface area contributed by atoms with Crippen LogP contribution in [0.25, 0.3) is 5.76 Å². The van der Waals surface area contributed by atoms with E-state index in [2.05, 4.69) is 0 Å². The van der Waals surface area contributed by atoms with Gasteiger partial charge in [0.25, 0.3) is 11.7 Å². The normalized spacial score (nSPS) is 17.0. The van der Waals surface area contributed by atoms with Gasteiger partial charge in [-0.15, -0.1) is 0 Å². The molecule has 6 nitrogen and oxygen atoms in total. The molecular weight excluding hydrogens is 489 g/mol. The topological polar surface area (TPSA) is 76.1 Å². The molecule has 3 aromatic rings. The van der Waals surface area contributed by atoms with E-state index in [-0.39, 0.29) is 21.9 Å². The van der Waals surface area contributed by atoms with Crippen molar-refractivity contribution in [1.29, 1.82) is 0 Å². The molecule has 0 saturated carbocycles. The van der Waals surface area contributed by atoms with Gasteiger partial charge in [-0.05, 0) is 61.9 Å². The minimum Gasteiger partial charge on any atom is -0.507 e. The summed E-state index contributed by atoms with van der Waals surface area (Å²) in [6.45, 7) is 4.61. The molecule has 1 N–H and O–H groups in total. The Kier molecular flexibility index (Phi) is 7.34. The highest BCUT2D eigenvalue weighted by molar-refractivity contribution is 6.51. The van der Waals surface area contributed by atoms with Gasteiger partial charge >= 0.3 is 0 Å². The van der Waals surface area contributed by atoms with E-state index in [9.17, 15) is 14.7 Å². The van der Waals surface area contributed by atoms with Gasteiger partial charge in [-0.3, -0.25) is 14.5 Å². The van der Waals surface area contributed by atoms with Crippen molar-refractivity contribution < 1.29 is 24.2 Å². The third-order valence-electron chi connectivity index (χ3n) is 5.53. The maximum absolute atomic E-state index is 13.3. The van der Waals surface area contributed by atoms with Gasteiger partial charge in [-0.25, -0.2) is 0 Å². The van der Waals surface area contributed by atoms with Crippen LogP contribution < -0.4 is 14.4 Å². The first kappa shape index (κ1) is 24.6. The predicted octanol–water partition coefficient (Wildman–Crippen LogP) is 6.42. The van der Waals surface area contributed by atoms with Crippen LogP contribution in [0.3, 0.4) is 0 Å². The number of aliphatic hydroxyl groups excluding tert-OH is 1. The van der Waals surface area contributed by atoms with Crippen LogP contribution in [-0.4, -0.2) is 30.0 Å². The fourth-order valence-electron chi connectivity index (χ4n) is 4.04. The maximum Gasteiger partial charge on any atom is 0.300 e. The highest BCUT2D eigenvalue weighted by Gasteiger charge is 2.47. The highest BCUT2D eigenvalue weighted by atomic mass is 35.5. The number of benzene rings is 3. The SMILES string of the molecule is CCOc1cccc(C2/C(=C(\O)c3ccc(Cl)c(Cl)c3)C(=O)C(=O)N2c2cccc(OCC)c2)c1. The summed E-state index contributed by atoms with van der Waals surface area (Å²) >= 11 is 12.2. The Morgan fingerprint density at radius 3 is 2.20 bits per heavy atom. The Labute approximate surface area is 213 Å². The second-order valence-electron chi connectivity index (χ2n) is 7.73. The lowest BCUT2D eigenvalue weighted by atomic mass is 9.95. The van der Waals surface area contributed by atoms with Crippen LogP contribution in [0.1, 0.15) is 31.0 Å². The van der Waals surface area contributed by atoms with Crippen molar-refractivity contribution in [3.8, 4) is 11.5 Å². The molecule has 8 heteroatoms. The molecule has 1 fully saturated rings. The lowest BCUT2D eigenvalue weighted by molar-refractivity contribution is -0.132. The number of ketones is 1. The number of halogens is 2. The molecule has 3 aromatic carbocycles. The summed E-state index contributed by atoms with van der Waals surface area (Å²) in [7, 11) is 0. The van der Waals surface area contributed by atoms with E-state index in [1.165, 1.54) is 17.0 Å². The Balaban J connectivity index is 1.94. The molecule has 0 aromatic heterocycles. The summed E-state index contributed by atoms with van der Waals surface area (Å²) in [5.41, 5.74) is 1.26. The summed E-state index contributed by atoms with van der Waals surface area (Å²) in [5.74, 6) is -0.808. The number of rotatable bonds is 7. The van der Waals surface area contributed by atoms with E-state index in [1.807, 2.05) is 13.8 Å². The van der Waals surface area contributed by atoms with Crippen molar-refractivity contribution in [2.75, 3.05) is 18.1 Å². The second kappa shape index (κ2) is 10.4. The Hall–Kier alpha value is -3.48. The van der Waals surface area contributed by atoms with Crippen LogP contribution in [0.15, 0.2) is 72.3 Å². The van der Waals surface area contributed by atoms with Crippen LogP contribution in [0.4, 0.5) is 5.69 Å². The highest BCUT2D eigenvalue weighted by Crippen LogP contribution is 2.43. The van der Waals surface area contributed by atoms with Gasteiger partial charge in [0.05, 0.1) is 34.9 Å². The molecule has 35 heavy (non-hydrogen) atoms. The van der Waals surface area contributed by atoms with Gasteiger partial charge in [0.2, 0.25) is 0 Å². The molecule has 0 aliphatic carbocycles. The number of anilines is 1. The first-order chi connectivity index (χ1) is 16.8. The van der Waals surface area contributed by atoms with E-state index >= 15 is 0 Å². The molecule has 1 atom stereocenters. The molecule has 4 rings (SSSR count). The van der Waals surface area contributed by atoms with Gasteiger partial charge in [-0.1, -0.05) is 41.4 Å². The van der Waals surface area contributed by atoms with Crippen LogP contribution in [0, 0.1) is 0 Å². The number of nitrogens with zero attached hydrogens (tertiary/aromatic N) is 1. The van der Waals surface area contributed by atoms with Crippen molar-refractivity contribution in [3.05, 3.63) is 93.5 Å². The molecule has 1 aliphatic rings. The van der Waals surface area contributed by atoms with Gasteiger partial charge in [0, 0.05) is 17.3 Å². The van der Waals surface area contributed by atoms with Crippen molar-refractivity contribution in [1.82, 2.24) is 0 Å². The standard InChI is InChI=1S/C27H23Cl2NO5/c1-3-34-19-9-5-7-16(13-19)24-23(25(31)17-11-12-21(28)22(29)14-17)26(32)27(33)30(24)18-8-6-10-20(15-18)35-4-2/h5-15,24,31H,3-4H2,1-2H3/b25-23+. The van der Waals surface area contributed by atoms with Crippen LogP contribution >= 0.6 is 23.2 Å². The zero-order valence-corrected chi connectivity index (χ0v) is 20.6. The lowest BCUT2D eigenvalue weighted by Gasteiger charge is -2.26. The summed E-state index contributed by atoms with van der Waals surface area (Å²) in [4.78, 5) is 28.0. The third kappa shape index (κ3) is 4.85. The zero-order valence-electron chi connectivity index (χ0n) is 19.1. The van der Waals surface area contributed by atoms with Crippen molar-refractivity contribution in [2.45, 2.75) is 19.9 Å². The van der Waals surface area contributed by atoms with Crippen molar-refractivity contribution >= 4 is 46.3 Å². The number of aliphatic hydroxyl groups is 1. The van der Waals surface area contributed by atoms with E-state index in [1.54, 1.807) is 54.6 Å². The van der Waals surface area contributed by atoms with Crippen LogP contribution in [0.2, 0.25) is 10.0 Å². The summed E-state index contributed by atoms with van der Waals surface area (Å²) in [6, 6.07) is 17.6. The number of hydrogen-bond donors (Lipinski definition) is 1. The third-order valence-corrected chi connectivity index (χ3v) is 6.27. The molecule has 1 aliphatic heterocycles. The van der Waals surface area contributed by atoms with E-state index in [0.29, 0.717) is 41.0 Å². The van der Waals surface area contributed by atoms with E-state index in [4.69, 9.17) is 32.7 Å². The predicted molar refractivity (Wildman–Crippen MR) is 136 cm³/mol. The molecule has 1 unspecified atom stereocenters. The molecule has 0 spiro atoms. The average Bonchev–Trinajstić information content (AvgIpc) is 3.11. The lowest BCUT2D eigenvalue weighted by Crippen LogP contribution is -2.29. The van der Waals surface area contributed by atoms with Gasteiger partial charge in [0.1, 0.15) is 17.3 Å². The Morgan fingerprint density at radius 2 is 1.54 bits per heavy atom. The number of ether oxygens (including phenoxy) is 2. The largest absolute Gasteiger partial charge is 0.507 e. The fourth-order valence-corrected chi connectivity index (χ4v) is 4.34. The van der Waals surface area contributed by atoms with Crippen molar-refractivity contribution in [3.63, 3.8) is 0 Å². The Morgan fingerprint density at radius 1 is 0.886 bits per heavy atom. The van der Waals surface area contributed by atoms with Gasteiger partial charge < -0.3 is 14.6 Å². The van der Waals surface area contributed by atoms with Crippen LogP contribution in [-0.2, 0) is 9.59 Å². The molecule has 1 heterocycles. The molecule has 1 amide bonds. The van der Waals surface area contributed by atoms with E-state index < -0.39 is 17.7 Å². The Bertz CT molecular complexity index is 1320. The van der Waals surface area contributed by atoms with Crippen LogP contribution in [0.5, 0.6) is 11.5 Å². The number of carbonyl (C=O) groups is 2. The minimum absolute atomic E-state index is 0.0659. The summed E-state index contributed by atoms with van der Waals surface area (Å²) in [5, 5.41) is 11.8. The van der Waals surface area contributed by atoms with Crippen molar-refractivity contribution in [2.24, 2.45) is 0 Å². The molecule has 180 valence electrons.